The molecule has 1 aromatic heterocycles. The van der Waals surface area contributed by atoms with Crippen molar-refractivity contribution in [1.29, 1.82) is 0 Å². The lowest BCUT2D eigenvalue weighted by Crippen LogP contribution is -2.35. The Morgan fingerprint density at radius 2 is 2.41 bits per heavy atom. The maximum Gasteiger partial charge on any atom is 0.227 e. The fraction of sp³-hybridized carbons (Fsp3) is 0.667. The van der Waals surface area contributed by atoms with E-state index in [9.17, 15) is 4.79 Å². The number of nitrogens with one attached hydrogen (secondary N) is 1. The van der Waals surface area contributed by atoms with Gasteiger partial charge in [-0.05, 0) is 19.4 Å². The average Bonchev–Trinajstić information content (AvgIpc) is 2.86. The zero-order chi connectivity index (χ0) is 12.4. The number of carbonyl (C=O) groups is 1. The molecule has 0 aromatic carbocycles. The van der Waals surface area contributed by atoms with Crippen molar-refractivity contribution in [1.82, 2.24) is 15.2 Å². The van der Waals surface area contributed by atoms with E-state index < -0.39 is 0 Å². The van der Waals surface area contributed by atoms with E-state index in [1.54, 1.807) is 11.3 Å². The van der Waals surface area contributed by atoms with Crippen LogP contribution in [0.15, 0.2) is 6.20 Å². The van der Waals surface area contributed by atoms with Crippen molar-refractivity contribution in [2.24, 2.45) is 11.8 Å². The van der Waals surface area contributed by atoms with Crippen molar-refractivity contribution < 1.29 is 4.79 Å². The Labute approximate surface area is 106 Å². The van der Waals surface area contributed by atoms with E-state index in [4.69, 9.17) is 0 Å². The Kier molecular flexibility index (Phi) is 3.79. The molecule has 4 nitrogen and oxygen atoms in total. The number of aryl methyl sites for hydroxylation is 1. The Morgan fingerprint density at radius 1 is 1.65 bits per heavy atom. The molecule has 1 aromatic rings. The van der Waals surface area contributed by atoms with Crippen molar-refractivity contribution in [3.8, 4) is 0 Å². The monoisotopic (exact) mass is 253 g/mol. The van der Waals surface area contributed by atoms with Crippen LogP contribution in [0.2, 0.25) is 0 Å². The van der Waals surface area contributed by atoms with Crippen LogP contribution < -0.4 is 5.32 Å². The zero-order valence-corrected chi connectivity index (χ0v) is 11.4. The number of nitrogens with zero attached hydrogens (tertiary/aromatic N) is 2. The molecule has 1 aliphatic heterocycles. The highest BCUT2D eigenvalue weighted by molar-refractivity contribution is 7.11. The summed E-state index contributed by atoms with van der Waals surface area (Å²) in [4.78, 5) is 19.4. The third kappa shape index (κ3) is 2.84. The third-order valence-electron chi connectivity index (χ3n) is 3.27. The smallest absolute Gasteiger partial charge is 0.227 e. The normalized spacial score (nSPS) is 23.9. The highest BCUT2D eigenvalue weighted by Crippen LogP contribution is 2.20. The lowest BCUT2D eigenvalue weighted by atomic mass is 9.97. The predicted octanol–water partition coefficient (Wildman–Crippen LogP) is 1.27. The minimum Gasteiger partial charge on any atom is -0.340 e. The number of hydrogen-bond acceptors (Lipinski definition) is 4. The predicted molar refractivity (Wildman–Crippen MR) is 68.8 cm³/mol. The number of hydrogen-bond donors (Lipinski definition) is 1. The van der Waals surface area contributed by atoms with E-state index in [1.165, 1.54) is 0 Å². The molecule has 2 heterocycles. The van der Waals surface area contributed by atoms with E-state index >= 15 is 0 Å². The lowest BCUT2D eigenvalue weighted by Gasteiger charge is -2.22. The van der Waals surface area contributed by atoms with E-state index in [0.717, 1.165) is 23.0 Å². The molecule has 2 rings (SSSR count). The molecule has 1 saturated heterocycles. The molecule has 2 atom stereocenters. The molecule has 2 unspecified atom stereocenters. The van der Waals surface area contributed by atoms with Crippen LogP contribution in [-0.2, 0) is 11.3 Å². The van der Waals surface area contributed by atoms with E-state index in [-0.39, 0.29) is 11.8 Å². The molecule has 1 amide bonds. The van der Waals surface area contributed by atoms with Gasteiger partial charge in [0.2, 0.25) is 5.91 Å². The lowest BCUT2D eigenvalue weighted by molar-refractivity contribution is -0.135. The van der Waals surface area contributed by atoms with Gasteiger partial charge in [0.05, 0.1) is 17.5 Å². The summed E-state index contributed by atoms with van der Waals surface area (Å²) in [5, 5.41) is 4.32. The van der Waals surface area contributed by atoms with Crippen LogP contribution in [-0.4, -0.2) is 35.9 Å². The van der Waals surface area contributed by atoms with Gasteiger partial charge in [0.1, 0.15) is 0 Å². The first-order chi connectivity index (χ1) is 8.08. The number of rotatable bonds is 3. The quantitative estimate of drug-likeness (QED) is 0.882. The minimum atomic E-state index is 0.133. The molecule has 5 heteroatoms. The number of carbonyl (C=O) groups excluding carboxylic acids is 1. The van der Waals surface area contributed by atoms with Gasteiger partial charge in [0.25, 0.3) is 0 Å². The Balaban J connectivity index is 1.95. The van der Waals surface area contributed by atoms with Crippen LogP contribution in [0.5, 0.6) is 0 Å². The Bertz CT molecular complexity index is 404. The van der Waals surface area contributed by atoms with Crippen LogP contribution in [0.1, 0.15) is 16.8 Å². The van der Waals surface area contributed by atoms with Gasteiger partial charge in [-0.15, -0.1) is 11.3 Å². The summed E-state index contributed by atoms with van der Waals surface area (Å²) in [7, 11) is 1.88. The summed E-state index contributed by atoms with van der Waals surface area (Å²) in [6, 6.07) is 0. The standard InChI is InChI=1S/C12H19N3OS/c1-8-4-13-6-11(8)12(16)15(3)7-10-5-14-9(2)17-10/h5,8,11,13H,4,6-7H2,1-3H3. The topological polar surface area (TPSA) is 45.2 Å². The van der Waals surface area contributed by atoms with Crippen molar-refractivity contribution in [2.75, 3.05) is 20.1 Å². The zero-order valence-electron chi connectivity index (χ0n) is 10.6. The maximum atomic E-state index is 12.2. The molecular weight excluding hydrogens is 234 g/mol. The van der Waals surface area contributed by atoms with Crippen molar-refractivity contribution in [3.63, 3.8) is 0 Å². The molecule has 0 spiro atoms. The van der Waals surface area contributed by atoms with Crippen LogP contribution in [0.4, 0.5) is 0 Å². The Morgan fingerprint density at radius 3 is 2.94 bits per heavy atom. The van der Waals surface area contributed by atoms with Gasteiger partial charge in [-0.1, -0.05) is 6.92 Å². The molecule has 1 fully saturated rings. The second-order valence-corrected chi connectivity index (χ2v) is 6.10. The number of aromatic nitrogens is 1. The van der Waals surface area contributed by atoms with Gasteiger partial charge in [-0.25, -0.2) is 4.98 Å². The van der Waals surface area contributed by atoms with E-state index in [0.29, 0.717) is 12.5 Å². The minimum absolute atomic E-state index is 0.133. The first-order valence-electron chi connectivity index (χ1n) is 5.95. The summed E-state index contributed by atoms with van der Waals surface area (Å²) >= 11 is 1.66. The van der Waals surface area contributed by atoms with Crippen LogP contribution >= 0.6 is 11.3 Å². The van der Waals surface area contributed by atoms with Crippen molar-refractivity contribution in [3.05, 3.63) is 16.1 Å². The maximum absolute atomic E-state index is 12.2. The molecule has 0 saturated carbocycles. The van der Waals surface area contributed by atoms with Crippen LogP contribution in [0, 0.1) is 18.8 Å². The van der Waals surface area contributed by atoms with Gasteiger partial charge in [-0.3, -0.25) is 4.79 Å². The molecule has 0 aliphatic carbocycles. The van der Waals surface area contributed by atoms with Gasteiger partial charge >= 0.3 is 0 Å². The SMILES string of the molecule is Cc1ncc(CN(C)C(=O)C2CNCC2C)s1. The summed E-state index contributed by atoms with van der Waals surface area (Å²) in [5.41, 5.74) is 0. The number of amides is 1. The fourth-order valence-electron chi connectivity index (χ4n) is 2.21. The molecule has 0 bridgehead atoms. The van der Waals surface area contributed by atoms with Crippen LogP contribution in [0.25, 0.3) is 0 Å². The largest absolute Gasteiger partial charge is 0.340 e. The van der Waals surface area contributed by atoms with Crippen molar-refractivity contribution >= 4 is 17.2 Å². The summed E-state index contributed by atoms with van der Waals surface area (Å²) < 4.78 is 0. The van der Waals surface area contributed by atoms with Gasteiger partial charge in [-0.2, -0.15) is 0 Å². The number of thiazole rings is 1. The first kappa shape index (κ1) is 12.5. The molecule has 1 N–H and O–H groups in total. The van der Waals surface area contributed by atoms with Gasteiger partial charge in [0, 0.05) is 24.7 Å². The van der Waals surface area contributed by atoms with E-state index in [2.05, 4.69) is 17.2 Å². The molecule has 1 aliphatic rings. The van der Waals surface area contributed by atoms with Crippen LogP contribution in [0.3, 0.4) is 0 Å². The second kappa shape index (κ2) is 5.14. The van der Waals surface area contributed by atoms with E-state index in [1.807, 2.05) is 25.1 Å². The van der Waals surface area contributed by atoms with Crippen molar-refractivity contribution in [2.45, 2.75) is 20.4 Å². The second-order valence-electron chi connectivity index (χ2n) is 4.78. The molecule has 94 valence electrons. The third-order valence-corrected chi connectivity index (χ3v) is 4.17. The van der Waals surface area contributed by atoms with Gasteiger partial charge < -0.3 is 10.2 Å². The summed E-state index contributed by atoms with van der Waals surface area (Å²) in [6.07, 6.45) is 1.86. The first-order valence-corrected chi connectivity index (χ1v) is 6.76. The van der Waals surface area contributed by atoms with Gasteiger partial charge in [0.15, 0.2) is 0 Å². The molecule has 0 radical (unpaired) electrons. The highest BCUT2D eigenvalue weighted by atomic mass is 32.1. The fourth-order valence-corrected chi connectivity index (χ4v) is 3.06. The highest BCUT2D eigenvalue weighted by Gasteiger charge is 2.31. The summed E-state index contributed by atoms with van der Waals surface area (Å²) in [6.45, 7) is 6.55. The molecular formula is C12H19N3OS. The summed E-state index contributed by atoms with van der Waals surface area (Å²) in [5.74, 6) is 0.815. The Hall–Kier alpha value is -0.940. The average molecular weight is 253 g/mol. The molecule has 17 heavy (non-hydrogen) atoms.